The van der Waals surface area contributed by atoms with Crippen molar-refractivity contribution in [3.05, 3.63) is 11.8 Å². The molecular formula is C9H12N4O2. The van der Waals surface area contributed by atoms with E-state index < -0.39 is 0 Å². The summed E-state index contributed by atoms with van der Waals surface area (Å²) >= 11 is 0. The molecule has 0 aliphatic carbocycles. The van der Waals surface area contributed by atoms with Gasteiger partial charge in [-0.25, -0.2) is 0 Å². The number of aromatic nitrogens is 3. The van der Waals surface area contributed by atoms with Crippen LogP contribution in [0.25, 0.3) is 11.0 Å². The van der Waals surface area contributed by atoms with Gasteiger partial charge in [0.2, 0.25) is 11.8 Å². The normalized spacial score (nSPS) is 10.9. The molecule has 0 saturated heterocycles. The largest absolute Gasteiger partial charge is 0.480 e. The smallest absolute Gasteiger partial charge is 0.228 e. The lowest BCUT2D eigenvalue weighted by Crippen LogP contribution is -2.00. The fourth-order valence-electron chi connectivity index (χ4n) is 1.61. The van der Waals surface area contributed by atoms with E-state index in [0.717, 1.165) is 5.56 Å². The first kappa shape index (κ1) is 9.72. The number of hydrogen-bond donors (Lipinski definition) is 2. The first-order valence-electron chi connectivity index (χ1n) is 4.43. The predicted molar refractivity (Wildman–Crippen MR) is 55.4 cm³/mol. The molecule has 2 aromatic rings. The number of hydrogen-bond acceptors (Lipinski definition) is 5. The van der Waals surface area contributed by atoms with Crippen molar-refractivity contribution in [3.63, 3.8) is 0 Å². The van der Waals surface area contributed by atoms with Crippen molar-refractivity contribution in [2.24, 2.45) is 7.05 Å². The summed E-state index contributed by atoms with van der Waals surface area (Å²) in [5, 5.41) is 9.89. The third kappa shape index (κ3) is 1.39. The fourth-order valence-corrected chi connectivity index (χ4v) is 1.61. The van der Waals surface area contributed by atoms with Crippen LogP contribution in [0, 0.1) is 0 Å². The summed E-state index contributed by atoms with van der Waals surface area (Å²) in [6, 6.07) is 0. The Balaban J connectivity index is 2.86. The number of rotatable bonds is 2. The predicted octanol–water partition coefficient (Wildman–Crippen LogP) is 0.0514. The van der Waals surface area contributed by atoms with Crippen LogP contribution in [0.3, 0.4) is 0 Å². The minimum atomic E-state index is -0.0824. The van der Waals surface area contributed by atoms with E-state index in [1.807, 2.05) is 7.05 Å². The monoisotopic (exact) mass is 208 g/mol. The molecule has 3 N–H and O–H groups in total. The van der Waals surface area contributed by atoms with E-state index >= 15 is 0 Å². The van der Waals surface area contributed by atoms with Gasteiger partial charge in [-0.15, -0.1) is 0 Å². The van der Waals surface area contributed by atoms with Gasteiger partial charge >= 0.3 is 0 Å². The number of aliphatic hydroxyl groups excluding tert-OH is 1. The standard InChI is InChI=1S/C9H12N4O2/c1-13-3-5(4-14)6-7(13)11-9(10)12-8(6)15-2/h3,14H,4H2,1-2H3,(H2,10,11,12). The number of anilines is 1. The molecule has 80 valence electrons. The number of ether oxygens (including phenoxy) is 1. The quantitative estimate of drug-likeness (QED) is 0.728. The number of aryl methyl sites for hydroxylation is 1. The summed E-state index contributed by atoms with van der Waals surface area (Å²) in [5.74, 6) is 0.548. The van der Waals surface area contributed by atoms with Gasteiger partial charge in [-0.3, -0.25) is 0 Å². The minimum Gasteiger partial charge on any atom is -0.480 e. The number of nitrogen functional groups attached to an aromatic ring is 1. The van der Waals surface area contributed by atoms with E-state index in [1.54, 1.807) is 10.8 Å². The maximum Gasteiger partial charge on any atom is 0.228 e. The Kier molecular flexibility index (Phi) is 2.20. The molecule has 0 aliphatic heterocycles. The second-order valence-electron chi connectivity index (χ2n) is 3.21. The van der Waals surface area contributed by atoms with Gasteiger partial charge in [-0.05, 0) is 0 Å². The van der Waals surface area contributed by atoms with E-state index in [2.05, 4.69) is 9.97 Å². The lowest BCUT2D eigenvalue weighted by Gasteiger charge is -2.03. The molecule has 0 saturated carbocycles. The first-order valence-corrected chi connectivity index (χ1v) is 4.43. The number of fused-ring (bicyclic) bond motifs is 1. The molecule has 0 aliphatic rings. The summed E-state index contributed by atoms with van der Waals surface area (Å²) in [4.78, 5) is 8.05. The van der Waals surface area contributed by atoms with Crippen molar-refractivity contribution in [2.45, 2.75) is 6.61 Å². The third-order valence-corrected chi connectivity index (χ3v) is 2.24. The van der Waals surface area contributed by atoms with Crippen LogP contribution in [0.1, 0.15) is 5.56 Å². The Bertz CT molecular complexity index is 506. The summed E-state index contributed by atoms with van der Waals surface area (Å²) in [5.41, 5.74) is 6.92. The van der Waals surface area contributed by atoms with E-state index in [-0.39, 0.29) is 12.6 Å². The van der Waals surface area contributed by atoms with Gasteiger partial charge in [0.05, 0.1) is 19.1 Å². The molecule has 0 aromatic carbocycles. The number of nitrogens with zero attached hydrogens (tertiary/aromatic N) is 3. The molecule has 2 heterocycles. The molecule has 2 rings (SSSR count). The average molecular weight is 208 g/mol. The highest BCUT2D eigenvalue weighted by Gasteiger charge is 2.14. The van der Waals surface area contributed by atoms with Crippen molar-refractivity contribution in [1.29, 1.82) is 0 Å². The fraction of sp³-hybridized carbons (Fsp3) is 0.333. The molecule has 0 atom stereocenters. The molecule has 0 amide bonds. The van der Waals surface area contributed by atoms with Crippen LogP contribution in [-0.2, 0) is 13.7 Å². The van der Waals surface area contributed by atoms with Crippen LogP contribution in [0.15, 0.2) is 6.20 Å². The van der Waals surface area contributed by atoms with Crippen molar-refractivity contribution >= 4 is 17.0 Å². The third-order valence-electron chi connectivity index (χ3n) is 2.24. The van der Waals surface area contributed by atoms with Gasteiger partial charge in [0.25, 0.3) is 0 Å². The lowest BCUT2D eigenvalue weighted by atomic mass is 10.2. The molecular weight excluding hydrogens is 196 g/mol. The van der Waals surface area contributed by atoms with Gasteiger partial charge in [0.15, 0.2) is 0 Å². The summed E-state index contributed by atoms with van der Waals surface area (Å²) in [6.45, 7) is -0.0824. The molecule has 0 fully saturated rings. The topological polar surface area (TPSA) is 86.2 Å². The zero-order valence-electron chi connectivity index (χ0n) is 8.56. The highest BCUT2D eigenvalue weighted by Crippen LogP contribution is 2.27. The van der Waals surface area contributed by atoms with Crippen LogP contribution >= 0.6 is 0 Å². The van der Waals surface area contributed by atoms with Crippen molar-refractivity contribution < 1.29 is 9.84 Å². The van der Waals surface area contributed by atoms with Gasteiger partial charge in [0.1, 0.15) is 5.65 Å². The molecule has 0 radical (unpaired) electrons. The van der Waals surface area contributed by atoms with Crippen LogP contribution in [0.2, 0.25) is 0 Å². The van der Waals surface area contributed by atoms with E-state index in [0.29, 0.717) is 16.9 Å². The highest BCUT2D eigenvalue weighted by molar-refractivity contribution is 5.86. The summed E-state index contributed by atoms with van der Waals surface area (Å²) in [6.07, 6.45) is 1.78. The number of methoxy groups -OCH3 is 1. The Labute approximate surface area is 86.3 Å². The van der Waals surface area contributed by atoms with Crippen LogP contribution in [0.4, 0.5) is 5.95 Å². The van der Waals surface area contributed by atoms with Crippen LogP contribution in [-0.4, -0.2) is 26.8 Å². The molecule has 0 unspecified atom stereocenters. The first-order chi connectivity index (χ1) is 7.17. The second-order valence-corrected chi connectivity index (χ2v) is 3.21. The summed E-state index contributed by atoms with van der Waals surface area (Å²) in [7, 11) is 3.34. The molecule has 2 aromatic heterocycles. The zero-order chi connectivity index (χ0) is 11.0. The molecule has 6 nitrogen and oxygen atoms in total. The van der Waals surface area contributed by atoms with Crippen molar-refractivity contribution in [1.82, 2.24) is 14.5 Å². The van der Waals surface area contributed by atoms with E-state index in [9.17, 15) is 5.11 Å². The summed E-state index contributed by atoms with van der Waals surface area (Å²) < 4.78 is 6.89. The number of nitrogens with two attached hydrogens (primary N) is 1. The van der Waals surface area contributed by atoms with E-state index in [4.69, 9.17) is 10.5 Å². The van der Waals surface area contributed by atoms with Gasteiger partial charge in [-0.1, -0.05) is 0 Å². The zero-order valence-corrected chi connectivity index (χ0v) is 8.56. The van der Waals surface area contributed by atoms with E-state index in [1.165, 1.54) is 7.11 Å². The lowest BCUT2D eigenvalue weighted by molar-refractivity contribution is 0.282. The Morgan fingerprint density at radius 1 is 1.53 bits per heavy atom. The molecule has 0 bridgehead atoms. The van der Waals surface area contributed by atoms with Crippen molar-refractivity contribution in [2.75, 3.05) is 12.8 Å². The average Bonchev–Trinajstić information content (AvgIpc) is 2.55. The Morgan fingerprint density at radius 2 is 2.27 bits per heavy atom. The Morgan fingerprint density at radius 3 is 2.87 bits per heavy atom. The number of aliphatic hydroxyl groups is 1. The highest BCUT2D eigenvalue weighted by atomic mass is 16.5. The molecule has 15 heavy (non-hydrogen) atoms. The Hall–Kier alpha value is -1.82. The van der Waals surface area contributed by atoms with Gasteiger partial charge in [-0.2, -0.15) is 9.97 Å². The van der Waals surface area contributed by atoms with Gasteiger partial charge < -0.3 is 20.1 Å². The SMILES string of the molecule is COc1nc(N)nc2c1c(CO)cn2C. The molecule has 6 heteroatoms. The maximum atomic E-state index is 9.18. The minimum absolute atomic E-state index is 0.0824. The van der Waals surface area contributed by atoms with Crippen LogP contribution < -0.4 is 10.5 Å². The van der Waals surface area contributed by atoms with Gasteiger partial charge in [0, 0.05) is 18.8 Å². The molecule has 0 spiro atoms. The van der Waals surface area contributed by atoms with Crippen LogP contribution in [0.5, 0.6) is 5.88 Å². The van der Waals surface area contributed by atoms with Crippen molar-refractivity contribution in [3.8, 4) is 5.88 Å². The maximum absolute atomic E-state index is 9.18. The second kappa shape index (κ2) is 3.39.